The lowest BCUT2D eigenvalue weighted by Crippen LogP contribution is -2.26. The van der Waals surface area contributed by atoms with E-state index in [1.54, 1.807) is 0 Å². The van der Waals surface area contributed by atoms with Gasteiger partial charge in [0.25, 0.3) is 0 Å². The van der Waals surface area contributed by atoms with Crippen LogP contribution < -0.4 is 5.73 Å². The molecular weight excluding hydrogens is 258 g/mol. The molecule has 2 rings (SSSR count). The fourth-order valence-corrected chi connectivity index (χ4v) is 2.60. The van der Waals surface area contributed by atoms with Crippen LogP contribution in [-0.2, 0) is 0 Å². The highest BCUT2D eigenvalue weighted by molar-refractivity contribution is 5.99. The van der Waals surface area contributed by atoms with Crippen molar-refractivity contribution in [1.29, 1.82) is 0 Å². The smallest absolute Gasteiger partial charge is 0.167 e. The number of hydrogen-bond acceptors (Lipinski definition) is 2. The average molecular weight is 281 g/mol. The van der Waals surface area contributed by atoms with Crippen molar-refractivity contribution in [2.75, 3.05) is 0 Å². The normalized spacial score (nSPS) is 13.8. The number of aryl methyl sites for hydroxylation is 3. The van der Waals surface area contributed by atoms with Gasteiger partial charge in [-0.1, -0.05) is 43.3 Å². The van der Waals surface area contributed by atoms with E-state index in [0.717, 1.165) is 22.3 Å². The molecule has 2 atom stereocenters. The van der Waals surface area contributed by atoms with E-state index < -0.39 is 0 Å². The van der Waals surface area contributed by atoms with E-state index in [0.29, 0.717) is 0 Å². The fraction of sp³-hybridized carbons (Fsp3) is 0.316. The molecule has 2 unspecified atom stereocenters. The first kappa shape index (κ1) is 15.5. The Kier molecular flexibility index (Phi) is 4.59. The maximum atomic E-state index is 12.8. The molecule has 0 radical (unpaired) electrons. The summed E-state index contributed by atoms with van der Waals surface area (Å²) in [5.74, 6) is -0.125. The van der Waals surface area contributed by atoms with Crippen LogP contribution in [0.15, 0.2) is 42.5 Å². The molecule has 2 heteroatoms. The lowest BCUT2D eigenvalue weighted by atomic mass is 9.86. The first-order valence-corrected chi connectivity index (χ1v) is 7.34. The molecule has 0 aliphatic rings. The Morgan fingerprint density at radius 3 is 2.14 bits per heavy atom. The molecule has 0 saturated carbocycles. The highest BCUT2D eigenvalue weighted by Gasteiger charge is 2.24. The third-order valence-corrected chi connectivity index (χ3v) is 4.24. The summed E-state index contributed by atoms with van der Waals surface area (Å²) in [6.45, 7) is 8.00. The Hall–Kier alpha value is -1.93. The average Bonchev–Trinajstić information content (AvgIpc) is 2.49. The van der Waals surface area contributed by atoms with E-state index >= 15 is 0 Å². The van der Waals surface area contributed by atoms with Gasteiger partial charge >= 0.3 is 0 Å². The predicted molar refractivity (Wildman–Crippen MR) is 87.5 cm³/mol. The van der Waals surface area contributed by atoms with Crippen molar-refractivity contribution in [1.82, 2.24) is 0 Å². The molecule has 0 bridgehead atoms. The number of rotatable bonds is 4. The Labute approximate surface area is 127 Å². The van der Waals surface area contributed by atoms with Crippen molar-refractivity contribution < 1.29 is 4.79 Å². The van der Waals surface area contributed by atoms with Crippen LogP contribution in [0, 0.1) is 26.7 Å². The maximum absolute atomic E-state index is 12.8. The van der Waals surface area contributed by atoms with Gasteiger partial charge in [-0.05, 0) is 49.1 Å². The van der Waals surface area contributed by atoms with E-state index in [2.05, 4.69) is 13.0 Å². The van der Waals surface area contributed by atoms with E-state index in [-0.39, 0.29) is 17.7 Å². The summed E-state index contributed by atoms with van der Waals surface area (Å²) in [5.41, 5.74) is 11.4. The molecule has 2 nitrogen and oxygen atoms in total. The standard InChI is InChI=1S/C19H23NO/c1-12-10-14(3)17(11-13(12)2)19(21)15(4)18(20)16-8-6-5-7-9-16/h5-11,15,18H,20H2,1-4H3. The molecule has 0 amide bonds. The van der Waals surface area contributed by atoms with E-state index in [4.69, 9.17) is 5.73 Å². The maximum Gasteiger partial charge on any atom is 0.167 e. The largest absolute Gasteiger partial charge is 0.323 e. The molecule has 2 aromatic rings. The molecular formula is C19H23NO. The Morgan fingerprint density at radius 2 is 1.52 bits per heavy atom. The molecule has 0 aliphatic carbocycles. The summed E-state index contributed by atoms with van der Waals surface area (Å²) >= 11 is 0. The number of nitrogens with two attached hydrogens (primary N) is 1. The SMILES string of the molecule is Cc1cc(C)c(C(=O)C(C)C(N)c2ccccc2)cc1C. The van der Waals surface area contributed by atoms with Crippen LogP contribution >= 0.6 is 0 Å². The van der Waals surface area contributed by atoms with Crippen molar-refractivity contribution in [2.24, 2.45) is 11.7 Å². The van der Waals surface area contributed by atoms with Crippen LogP contribution in [-0.4, -0.2) is 5.78 Å². The van der Waals surface area contributed by atoms with Crippen molar-refractivity contribution in [3.05, 3.63) is 70.3 Å². The van der Waals surface area contributed by atoms with Gasteiger partial charge in [0, 0.05) is 17.5 Å². The quantitative estimate of drug-likeness (QED) is 0.856. The Balaban J connectivity index is 2.30. The molecule has 2 aromatic carbocycles. The van der Waals surface area contributed by atoms with Gasteiger partial charge in [0.05, 0.1) is 0 Å². The highest BCUT2D eigenvalue weighted by Crippen LogP contribution is 2.25. The van der Waals surface area contributed by atoms with Crippen LogP contribution in [0.1, 0.15) is 45.6 Å². The minimum atomic E-state index is -0.278. The van der Waals surface area contributed by atoms with Gasteiger partial charge in [-0.2, -0.15) is 0 Å². The zero-order valence-corrected chi connectivity index (χ0v) is 13.2. The molecule has 0 spiro atoms. The Bertz CT molecular complexity index is 646. The van der Waals surface area contributed by atoms with E-state index in [9.17, 15) is 4.79 Å². The molecule has 0 heterocycles. The van der Waals surface area contributed by atoms with Gasteiger partial charge in [0.1, 0.15) is 0 Å². The van der Waals surface area contributed by atoms with Gasteiger partial charge in [-0.25, -0.2) is 0 Å². The summed E-state index contributed by atoms with van der Waals surface area (Å²) in [4.78, 5) is 12.8. The second kappa shape index (κ2) is 6.23. The summed E-state index contributed by atoms with van der Waals surface area (Å²) in [7, 11) is 0. The minimum Gasteiger partial charge on any atom is -0.323 e. The molecule has 2 N–H and O–H groups in total. The second-order valence-corrected chi connectivity index (χ2v) is 5.84. The molecule has 0 fully saturated rings. The van der Waals surface area contributed by atoms with Crippen LogP contribution in [0.4, 0.5) is 0 Å². The van der Waals surface area contributed by atoms with Gasteiger partial charge in [0.15, 0.2) is 5.78 Å². The third-order valence-electron chi connectivity index (χ3n) is 4.24. The van der Waals surface area contributed by atoms with Crippen molar-refractivity contribution in [2.45, 2.75) is 33.7 Å². The van der Waals surface area contributed by atoms with Crippen molar-refractivity contribution in [3.63, 3.8) is 0 Å². The summed E-state index contributed by atoms with van der Waals surface area (Å²) < 4.78 is 0. The van der Waals surface area contributed by atoms with Gasteiger partial charge in [0.2, 0.25) is 0 Å². The van der Waals surface area contributed by atoms with Crippen molar-refractivity contribution in [3.8, 4) is 0 Å². The lowest BCUT2D eigenvalue weighted by molar-refractivity contribution is 0.0912. The lowest BCUT2D eigenvalue weighted by Gasteiger charge is -2.20. The van der Waals surface area contributed by atoms with Crippen LogP contribution in [0.5, 0.6) is 0 Å². The molecule has 110 valence electrons. The van der Waals surface area contributed by atoms with E-state index in [1.165, 1.54) is 5.56 Å². The summed E-state index contributed by atoms with van der Waals surface area (Å²) in [5, 5.41) is 0. The fourth-order valence-electron chi connectivity index (χ4n) is 2.60. The summed E-state index contributed by atoms with van der Waals surface area (Å²) in [6.07, 6.45) is 0. The summed E-state index contributed by atoms with van der Waals surface area (Å²) in [6, 6.07) is 13.6. The molecule has 0 aromatic heterocycles. The zero-order valence-electron chi connectivity index (χ0n) is 13.2. The van der Waals surface area contributed by atoms with Crippen LogP contribution in [0.3, 0.4) is 0 Å². The number of Topliss-reactive ketones (excluding diaryl/α,β-unsaturated/α-hetero) is 1. The van der Waals surface area contributed by atoms with Crippen LogP contribution in [0.2, 0.25) is 0 Å². The minimum absolute atomic E-state index is 0.118. The molecule has 21 heavy (non-hydrogen) atoms. The van der Waals surface area contributed by atoms with Crippen molar-refractivity contribution >= 4 is 5.78 Å². The number of carbonyl (C=O) groups is 1. The monoisotopic (exact) mass is 281 g/mol. The van der Waals surface area contributed by atoms with Gasteiger partial charge in [-0.15, -0.1) is 0 Å². The van der Waals surface area contributed by atoms with Gasteiger partial charge in [-0.3, -0.25) is 4.79 Å². The second-order valence-electron chi connectivity index (χ2n) is 5.84. The zero-order chi connectivity index (χ0) is 15.6. The number of carbonyl (C=O) groups excluding carboxylic acids is 1. The predicted octanol–water partition coefficient (Wildman–Crippen LogP) is 4.13. The molecule has 0 saturated heterocycles. The number of ketones is 1. The Morgan fingerprint density at radius 1 is 0.952 bits per heavy atom. The first-order valence-electron chi connectivity index (χ1n) is 7.34. The number of benzene rings is 2. The first-order chi connectivity index (χ1) is 9.91. The highest BCUT2D eigenvalue weighted by atomic mass is 16.1. The van der Waals surface area contributed by atoms with E-state index in [1.807, 2.05) is 57.2 Å². The molecule has 0 aliphatic heterocycles. The number of hydrogen-bond donors (Lipinski definition) is 1. The van der Waals surface area contributed by atoms with Gasteiger partial charge < -0.3 is 5.73 Å². The topological polar surface area (TPSA) is 43.1 Å². The third kappa shape index (κ3) is 3.22. The van der Waals surface area contributed by atoms with Crippen LogP contribution in [0.25, 0.3) is 0 Å².